The maximum Gasteiger partial charge on any atom is 0.226 e. The number of carbonyl (C=O) groups is 2. The number of hydrogen-bond donors (Lipinski definition) is 1. The van der Waals surface area contributed by atoms with E-state index < -0.39 is 0 Å². The van der Waals surface area contributed by atoms with Crippen LogP contribution in [0.25, 0.3) is 0 Å². The van der Waals surface area contributed by atoms with Gasteiger partial charge < -0.3 is 15.1 Å². The van der Waals surface area contributed by atoms with Crippen LogP contribution in [0.3, 0.4) is 0 Å². The molecule has 0 unspecified atom stereocenters. The van der Waals surface area contributed by atoms with Crippen LogP contribution in [0.2, 0.25) is 0 Å². The predicted molar refractivity (Wildman–Crippen MR) is 108 cm³/mol. The van der Waals surface area contributed by atoms with Gasteiger partial charge in [0, 0.05) is 51.0 Å². The monoisotopic (exact) mass is 353 g/mol. The molecule has 0 saturated carbocycles. The van der Waals surface area contributed by atoms with E-state index in [9.17, 15) is 9.59 Å². The van der Waals surface area contributed by atoms with Crippen molar-refractivity contribution >= 4 is 28.9 Å². The van der Waals surface area contributed by atoms with Crippen molar-refractivity contribution in [3.8, 4) is 0 Å². The lowest BCUT2D eigenvalue weighted by Crippen LogP contribution is -2.32. The Labute approximate surface area is 155 Å². The fraction of sp³-hybridized carbons (Fsp3) is 0.333. The molecule has 0 atom stereocenters. The highest BCUT2D eigenvalue weighted by Gasteiger charge is 2.16. The average Bonchev–Trinajstić information content (AvgIpc) is 2.58. The zero-order valence-electron chi connectivity index (χ0n) is 16.2. The van der Waals surface area contributed by atoms with Crippen LogP contribution in [0.5, 0.6) is 0 Å². The van der Waals surface area contributed by atoms with Crippen molar-refractivity contribution in [1.29, 1.82) is 0 Å². The van der Waals surface area contributed by atoms with Crippen LogP contribution in [0.15, 0.2) is 42.5 Å². The van der Waals surface area contributed by atoms with Gasteiger partial charge in [-0.25, -0.2) is 0 Å². The minimum Gasteiger partial charge on any atom is -0.378 e. The molecule has 0 bridgehead atoms. The third kappa shape index (κ3) is 4.85. The Balaban J connectivity index is 2.01. The van der Waals surface area contributed by atoms with Gasteiger partial charge in [0.25, 0.3) is 0 Å². The number of carbonyl (C=O) groups excluding carboxylic acids is 2. The topological polar surface area (TPSA) is 52.7 Å². The molecular weight excluding hydrogens is 326 g/mol. The minimum atomic E-state index is -0.112. The van der Waals surface area contributed by atoms with Crippen LogP contribution in [0, 0.1) is 13.8 Å². The molecule has 1 N–H and O–H groups in total. The first-order chi connectivity index (χ1) is 12.3. The summed E-state index contributed by atoms with van der Waals surface area (Å²) in [5.41, 5.74) is 4.87. The average molecular weight is 353 g/mol. The van der Waals surface area contributed by atoms with E-state index in [4.69, 9.17) is 0 Å². The molecule has 0 heterocycles. The van der Waals surface area contributed by atoms with Gasteiger partial charge in [0.2, 0.25) is 11.8 Å². The van der Waals surface area contributed by atoms with Crippen LogP contribution in [-0.2, 0) is 9.59 Å². The molecule has 0 aromatic heterocycles. The Morgan fingerprint density at radius 1 is 1.00 bits per heavy atom. The van der Waals surface area contributed by atoms with E-state index in [0.717, 1.165) is 28.2 Å². The summed E-state index contributed by atoms with van der Waals surface area (Å²) in [6.45, 7) is 5.88. The summed E-state index contributed by atoms with van der Waals surface area (Å²) in [5.74, 6) is -0.180. The second kappa shape index (κ2) is 8.52. The normalized spacial score (nSPS) is 10.3. The number of anilines is 3. The first kappa shape index (κ1) is 19.5. The zero-order chi connectivity index (χ0) is 19.3. The highest BCUT2D eigenvalue weighted by molar-refractivity contribution is 5.95. The quantitative estimate of drug-likeness (QED) is 0.860. The summed E-state index contributed by atoms with van der Waals surface area (Å²) < 4.78 is 0. The highest BCUT2D eigenvalue weighted by atomic mass is 16.2. The Morgan fingerprint density at radius 3 is 2.23 bits per heavy atom. The predicted octanol–water partition coefficient (Wildman–Crippen LogP) is 3.75. The fourth-order valence-corrected chi connectivity index (χ4v) is 2.76. The number of amides is 2. The van der Waals surface area contributed by atoms with E-state index in [0.29, 0.717) is 6.54 Å². The maximum absolute atomic E-state index is 12.3. The molecule has 2 rings (SSSR count). The van der Waals surface area contributed by atoms with Gasteiger partial charge in [0.15, 0.2) is 0 Å². The van der Waals surface area contributed by atoms with Crippen LogP contribution in [0.4, 0.5) is 17.1 Å². The number of nitrogens with zero attached hydrogens (tertiary/aromatic N) is 2. The Hall–Kier alpha value is -2.82. The van der Waals surface area contributed by atoms with Crippen molar-refractivity contribution < 1.29 is 9.59 Å². The van der Waals surface area contributed by atoms with Gasteiger partial charge in [-0.05, 0) is 55.3 Å². The van der Waals surface area contributed by atoms with E-state index in [1.807, 2.05) is 75.3 Å². The van der Waals surface area contributed by atoms with Crippen molar-refractivity contribution in [3.63, 3.8) is 0 Å². The van der Waals surface area contributed by atoms with Gasteiger partial charge in [-0.15, -0.1) is 0 Å². The molecule has 2 amide bonds. The first-order valence-corrected chi connectivity index (χ1v) is 8.71. The number of hydrogen-bond acceptors (Lipinski definition) is 3. The highest BCUT2D eigenvalue weighted by Crippen LogP contribution is 2.23. The van der Waals surface area contributed by atoms with Gasteiger partial charge in [-0.2, -0.15) is 0 Å². The van der Waals surface area contributed by atoms with Gasteiger partial charge in [-0.3, -0.25) is 9.59 Å². The largest absolute Gasteiger partial charge is 0.378 e. The van der Waals surface area contributed by atoms with E-state index in [-0.39, 0.29) is 18.2 Å². The molecule has 26 heavy (non-hydrogen) atoms. The fourth-order valence-electron chi connectivity index (χ4n) is 2.76. The first-order valence-electron chi connectivity index (χ1n) is 8.71. The summed E-state index contributed by atoms with van der Waals surface area (Å²) in [6.07, 6.45) is 0.238. The SMILES string of the molecule is CC(=O)N(CCC(=O)Nc1ccc(N(C)C)cc1)c1cccc(C)c1C. The van der Waals surface area contributed by atoms with E-state index in [1.165, 1.54) is 6.92 Å². The molecule has 138 valence electrons. The number of rotatable bonds is 6. The lowest BCUT2D eigenvalue weighted by Gasteiger charge is -2.23. The second-order valence-corrected chi connectivity index (χ2v) is 6.63. The lowest BCUT2D eigenvalue weighted by molar-refractivity contribution is -0.117. The summed E-state index contributed by atoms with van der Waals surface area (Å²) in [4.78, 5) is 28.0. The molecule has 0 saturated heterocycles. The molecule has 2 aromatic carbocycles. The molecular formula is C21H27N3O2. The third-order valence-corrected chi connectivity index (χ3v) is 4.48. The zero-order valence-corrected chi connectivity index (χ0v) is 16.2. The molecule has 5 heteroatoms. The molecule has 5 nitrogen and oxygen atoms in total. The van der Waals surface area contributed by atoms with Crippen LogP contribution < -0.4 is 15.1 Å². The second-order valence-electron chi connectivity index (χ2n) is 6.63. The standard InChI is InChI=1S/C21H27N3O2/c1-15-7-6-8-20(16(15)2)24(17(3)25)14-13-21(26)22-18-9-11-19(12-10-18)23(4)5/h6-12H,13-14H2,1-5H3,(H,22,26). The Kier molecular flexibility index (Phi) is 6.39. The summed E-state index contributed by atoms with van der Waals surface area (Å²) >= 11 is 0. The summed E-state index contributed by atoms with van der Waals surface area (Å²) in [6, 6.07) is 13.5. The molecule has 0 aliphatic rings. The Morgan fingerprint density at radius 2 is 1.65 bits per heavy atom. The number of benzene rings is 2. The van der Waals surface area contributed by atoms with Crippen molar-refractivity contribution in [3.05, 3.63) is 53.6 Å². The summed E-state index contributed by atoms with van der Waals surface area (Å²) in [7, 11) is 3.94. The van der Waals surface area contributed by atoms with Crippen molar-refractivity contribution in [1.82, 2.24) is 0 Å². The van der Waals surface area contributed by atoms with Crippen LogP contribution >= 0.6 is 0 Å². The molecule has 0 fully saturated rings. The lowest BCUT2D eigenvalue weighted by atomic mass is 10.1. The van der Waals surface area contributed by atoms with Crippen LogP contribution in [0.1, 0.15) is 24.5 Å². The minimum absolute atomic E-state index is 0.0677. The molecule has 0 aliphatic carbocycles. The van der Waals surface area contributed by atoms with Gasteiger partial charge in [0.05, 0.1) is 0 Å². The molecule has 0 radical (unpaired) electrons. The third-order valence-electron chi connectivity index (χ3n) is 4.48. The molecule has 0 aliphatic heterocycles. The van der Waals surface area contributed by atoms with Crippen molar-refractivity contribution in [2.45, 2.75) is 27.2 Å². The summed E-state index contributed by atoms with van der Waals surface area (Å²) in [5, 5.41) is 2.88. The van der Waals surface area contributed by atoms with Crippen LogP contribution in [-0.4, -0.2) is 32.5 Å². The molecule has 2 aromatic rings. The maximum atomic E-state index is 12.3. The van der Waals surface area contributed by atoms with E-state index >= 15 is 0 Å². The van der Waals surface area contributed by atoms with E-state index in [1.54, 1.807) is 4.90 Å². The van der Waals surface area contributed by atoms with Gasteiger partial charge in [-0.1, -0.05) is 12.1 Å². The van der Waals surface area contributed by atoms with Gasteiger partial charge >= 0.3 is 0 Å². The smallest absolute Gasteiger partial charge is 0.226 e. The molecule has 0 spiro atoms. The Bertz CT molecular complexity index is 782. The van der Waals surface area contributed by atoms with Gasteiger partial charge in [0.1, 0.15) is 0 Å². The number of aryl methyl sites for hydroxylation is 1. The van der Waals surface area contributed by atoms with Crippen molar-refractivity contribution in [2.24, 2.45) is 0 Å². The van der Waals surface area contributed by atoms with E-state index in [2.05, 4.69) is 5.32 Å². The number of nitrogens with one attached hydrogen (secondary N) is 1. The van der Waals surface area contributed by atoms with Crippen molar-refractivity contribution in [2.75, 3.05) is 35.8 Å².